The third kappa shape index (κ3) is 5.22. The van der Waals surface area contributed by atoms with E-state index in [0.29, 0.717) is 38.7 Å². The number of likely N-dealkylation sites (N-methyl/N-ethyl adjacent to an activating group) is 1. The van der Waals surface area contributed by atoms with E-state index in [1.54, 1.807) is 0 Å². The number of allylic oxidation sites excluding steroid dienone is 1. The Morgan fingerprint density at radius 3 is 2.40 bits per heavy atom. The van der Waals surface area contributed by atoms with Gasteiger partial charge in [0.1, 0.15) is 24.2 Å². The molecule has 0 amide bonds. The van der Waals surface area contributed by atoms with Crippen molar-refractivity contribution in [2.24, 2.45) is 5.92 Å². The average Bonchev–Trinajstić information content (AvgIpc) is 3.93. The summed E-state index contributed by atoms with van der Waals surface area (Å²) in [7, 11) is 1.90. The van der Waals surface area contributed by atoms with Gasteiger partial charge in [0.2, 0.25) is 0 Å². The van der Waals surface area contributed by atoms with E-state index in [-0.39, 0.29) is 23.7 Å². The number of halogens is 3. The summed E-state index contributed by atoms with van der Waals surface area (Å²) >= 11 is 20.1. The predicted octanol–water partition coefficient (Wildman–Crippen LogP) is 8.29. The van der Waals surface area contributed by atoms with Crippen LogP contribution in [0.2, 0.25) is 15.1 Å². The van der Waals surface area contributed by atoms with Crippen LogP contribution in [0.25, 0.3) is 10.9 Å². The number of hydroxylamine groups is 2. The average molecular weight is 666 g/mol. The third-order valence-corrected chi connectivity index (χ3v) is 10.3. The summed E-state index contributed by atoms with van der Waals surface area (Å²) in [5, 5.41) is 18.4. The molecular formula is C34H31Cl3N4O4. The lowest BCUT2D eigenvalue weighted by Gasteiger charge is -2.41. The Bertz CT molecular complexity index is 1860. The highest BCUT2D eigenvalue weighted by atomic mass is 35.5. The van der Waals surface area contributed by atoms with E-state index in [2.05, 4.69) is 22.1 Å². The first-order chi connectivity index (χ1) is 21.8. The smallest absolute Gasteiger partial charge is 0.357 e. The fourth-order valence-corrected chi connectivity index (χ4v) is 7.56. The summed E-state index contributed by atoms with van der Waals surface area (Å²) in [5.41, 5.74) is 4.99. The molecule has 2 saturated carbocycles. The maximum absolute atomic E-state index is 11.7. The molecule has 0 bridgehead atoms. The van der Waals surface area contributed by atoms with Crippen LogP contribution in [0.3, 0.4) is 0 Å². The van der Waals surface area contributed by atoms with E-state index in [4.69, 9.17) is 44.4 Å². The van der Waals surface area contributed by atoms with Gasteiger partial charge in [-0.05, 0) is 73.7 Å². The number of benzene rings is 3. The number of aromatic nitrogens is 2. The highest BCUT2D eigenvalue weighted by Gasteiger charge is 2.43. The Labute approximate surface area is 275 Å². The molecule has 45 heavy (non-hydrogen) atoms. The number of hydrogen-bond acceptors (Lipinski definition) is 6. The van der Waals surface area contributed by atoms with Gasteiger partial charge in [0.25, 0.3) is 0 Å². The van der Waals surface area contributed by atoms with Crippen molar-refractivity contribution in [3.8, 4) is 5.75 Å². The van der Waals surface area contributed by atoms with Crippen LogP contribution in [0, 0.1) is 5.92 Å². The summed E-state index contributed by atoms with van der Waals surface area (Å²) in [6, 6.07) is 17.5. The van der Waals surface area contributed by atoms with Crippen molar-refractivity contribution < 1.29 is 19.5 Å². The fourth-order valence-electron chi connectivity index (χ4n) is 6.63. The molecule has 3 heterocycles. The van der Waals surface area contributed by atoms with Crippen LogP contribution < -0.4 is 9.64 Å². The number of ether oxygens (including phenoxy) is 1. The Morgan fingerprint density at radius 2 is 1.73 bits per heavy atom. The summed E-state index contributed by atoms with van der Waals surface area (Å²) in [4.78, 5) is 20.3. The minimum atomic E-state index is -0.993. The van der Waals surface area contributed by atoms with Gasteiger partial charge in [-0.15, -0.1) is 5.06 Å². The topological polar surface area (TPSA) is 80.1 Å². The standard InChI is InChI=1S/C34H31Cl3N4O4/c1-39-32(30-26(35)3-2-4-27(30)36)25(33(45-39)18-5-6-18)17-44-22-10-12-23(28(37)14-22)19-15-40(16-19)21-9-11-24-29(13-21)41(20-7-8-20)38-31(24)34(42)43/h2-4,9-14,18-20,32H,5-8,15-17H2,1H3,(H,42,43). The van der Waals surface area contributed by atoms with Crippen molar-refractivity contribution >= 4 is 57.4 Å². The lowest BCUT2D eigenvalue weighted by molar-refractivity contribution is -0.1000. The molecule has 11 heteroatoms. The molecule has 4 aliphatic rings. The highest BCUT2D eigenvalue weighted by Crippen LogP contribution is 2.50. The molecule has 3 fully saturated rings. The number of anilines is 1. The fraction of sp³-hybridized carbons (Fsp3) is 0.353. The van der Waals surface area contributed by atoms with Gasteiger partial charge in [0, 0.05) is 69.3 Å². The number of carbonyl (C=O) groups is 1. The highest BCUT2D eigenvalue weighted by molar-refractivity contribution is 6.36. The number of carboxylic acids is 1. The van der Waals surface area contributed by atoms with Gasteiger partial charge < -0.3 is 19.6 Å². The second-order valence-electron chi connectivity index (χ2n) is 12.4. The number of rotatable bonds is 9. The molecule has 1 saturated heterocycles. The molecule has 8 nitrogen and oxygen atoms in total. The quantitative estimate of drug-likeness (QED) is 0.193. The van der Waals surface area contributed by atoms with Gasteiger partial charge in [-0.3, -0.25) is 4.68 Å². The van der Waals surface area contributed by atoms with Crippen LogP contribution in [-0.2, 0) is 4.84 Å². The molecular weight excluding hydrogens is 635 g/mol. The summed E-state index contributed by atoms with van der Waals surface area (Å²) in [5.74, 6) is 1.31. The van der Waals surface area contributed by atoms with Gasteiger partial charge in [0.05, 0.1) is 11.6 Å². The number of aromatic carboxylic acids is 1. The molecule has 1 unspecified atom stereocenters. The second kappa shape index (κ2) is 11.1. The van der Waals surface area contributed by atoms with Crippen molar-refractivity contribution in [3.63, 3.8) is 0 Å². The minimum absolute atomic E-state index is 0.120. The number of fused-ring (bicyclic) bond motifs is 1. The number of hydrogen-bond donors (Lipinski definition) is 1. The molecule has 3 aromatic carbocycles. The molecule has 4 aromatic rings. The van der Waals surface area contributed by atoms with Gasteiger partial charge in [-0.2, -0.15) is 5.10 Å². The summed E-state index contributed by atoms with van der Waals surface area (Å²) in [6.07, 6.45) is 4.25. The molecule has 2 aliphatic carbocycles. The Kier molecular flexibility index (Phi) is 7.17. The van der Waals surface area contributed by atoms with Gasteiger partial charge >= 0.3 is 5.97 Å². The van der Waals surface area contributed by atoms with Crippen LogP contribution in [0.15, 0.2) is 65.9 Å². The first-order valence-electron chi connectivity index (χ1n) is 15.3. The van der Waals surface area contributed by atoms with E-state index >= 15 is 0 Å². The first kappa shape index (κ1) is 29.0. The van der Waals surface area contributed by atoms with Gasteiger partial charge in [0.15, 0.2) is 5.69 Å². The van der Waals surface area contributed by atoms with Crippen LogP contribution in [0.1, 0.15) is 65.3 Å². The number of carboxylic acid groups (broad SMARTS) is 1. The maximum Gasteiger partial charge on any atom is 0.357 e. The first-order valence-corrected chi connectivity index (χ1v) is 16.4. The molecule has 232 valence electrons. The second-order valence-corrected chi connectivity index (χ2v) is 13.7. The monoisotopic (exact) mass is 664 g/mol. The van der Waals surface area contributed by atoms with Crippen molar-refractivity contribution in [2.45, 2.75) is 43.7 Å². The predicted molar refractivity (Wildman–Crippen MR) is 175 cm³/mol. The largest absolute Gasteiger partial charge is 0.489 e. The Hall–Kier alpha value is -3.43. The van der Waals surface area contributed by atoms with Crippen LogP contribution in [-0.4, -0.2) is 52.7 Å². The molecule has 2 aliphatic heterocycles. The maximum atomic E-state index is 11.7. The summed E-state index contributed by atoms with van der Waals surface area (Å²) in [6.45, 7) is 1.96. The van der Waals surface area contributed by atoms with Crippen molar-refractivity contribution in [2.75, 3.05) is 31.6 Å². The molecule has 0 spiro atoms. The van der Waals surface area contributed by atoms with E-state index in [9.17, 15) is 9.90 Å². The van der Waals surface area contributed by atoms with E-state index in [0.717, 1.165) is 72.4 Å². The molecule has 0 radical (unpaired) electrons. The number of nitrogens with zero attached hydrogens (tertiary/aromatic N) is 4. The molecule has 1 N–H and O–H groups in total. The van der Waals surface area contributed by atoms with Crippen molar-refractivity contribution in [1.82, 2.24) is 14.8 Å². The summed E-state index contributed by atoms with van der Waals surface area (Å²) < 4.78 is 8.22. The van der Waals surface area contributed by atoms with Gasteiger partial charge in [-0.25, -0.2) is 4.79 Å². The molecule has 1 atom stereocenters. The van der Waals surface area contributed by atoms with Crippen LogP contribution >= 0.6 is 34.8 Å². The molecule has 8 rings (SSSR count). The van der Waals surface area contributed by atoms with E-state index in [1.807, 2.05) is 59.3 Å². The zero-order chi connectivity index (χ0) is 31.0. The molecule has 1 aromatic heterocycles. The van der Waals surface area contributed by atoms with Crippen LogP contribution in [0.5, 0.6) is 5.75 Å². The normalized spacial score (nSPS) is 20.5. The zero-order valence-electron chi connectivity index (χ0n) is 24.6. The van der Waals surface area contributed by atoms with Crippen LogP contribution in [0.4, 0.5) is 5.69 Å². The Balaban J connectivity index is 0.971. The lowest BCUT2D eigenvalue weighted by Crippen LogP contribution is -2.45. The van der Waals surface area contributed by atoms with Gasteiger partial charge in [-0.1, -0.05) is 46.9 Å². The van der Waals surface area contributed by atoms with E-state index in [1.165, 1.54) is 0 Å². The Morgan fingerprint density at radius 1 is 0.978 bits per heavy atom. The lowest BCUT2D eigenvalue weighted by atomic mass is 9.90. The van der Waals surface area contributed by atoms with Crippen molar-refractivity contribution in [1.29, 1.82) is 0 Å². The van der Waals surface area contributed by atoms with Crippen molar-refractivity contribution in [3.05, 3.63) is 97.8 Å². The SMILES string of the molecule is CN1OC(C2CC2)=C(COc2ccc(C3CN(c4ccc5c(C(=O)O)nn(C6CC6)c5c4)C3)c(Cl)c2)C1c1c(Cl)cccc1Cl. The van der Waals surface area contributed by atoms with E-state index < -0.39 is 5.97 Å². The zero-order valence-corrected chi connectivity index (χ0v) is 26.8. The minimum Gasteiger partial charge on any atom is -0.489 e. The third-order valence-electron chi connectivity index (χ3n) is 9.31.